The highest BCUT2D eigenvalue weighted by molar-refractivity contribution is 5.97. The van der Waals surface area contributed by atoms with Crippen LogP contribution in [0.25, 0.3) is 0 Å². The lowest BCUT2D eigenvalue weighted by Crippen LogP contribution is -2.19. The minimum atomic E-state index is -1.52. The van der Waals surface area contributed by atoms with Crippen LogP contribution in [-0.4, -0.2) is 50.6 Å². The molecule has 0 aliphatic rings. The predicted molar refractivity (Wildman–Crippen MR) is 70.4 cm³/mol. The number of hydrogen-bond acceptors (Lipinski definition) is 6. The number of ether oxygens (including phenoxy) is 4. The third kappa shape index (κ3) is 3.00. The van der Waals surface area contributed by atoms with Gasteiger partial charge in [0.15, 0.2) is 17.6 Å². The first-order valence-corrected chi connectivity index (χ1v) is 5.74. The molecule has 1 aromatic rings. The lowest BCUT2D eigenvalue weighted by atomic mass is 9.99. The predicted octanol–water partition coefficient (Wildman–Crippen LogP) is 1.18. The number of benzene rings is 1. The highest BCUT2D eigenvalue weighted by atomic mass is 16.5. The molecule has 0 aliphatic heterocycles. The van der Waals surface area contributed by atoms with E-state index < -0.39 is 18.0 Å². The van der Waals surface area contributed by atoms with Crippen LogP contribution >= 0.6 is 0 Å². The molecule has 0 saturated heterocycles. The Morgan fingerprint density at radius 2 is 1.57 bits per heavy atom. The lowest BCUT2D eigenvalue weighted by molar-refractivity contribution is -0.149. The zero-order valence-corrected chi connectivity index (χ0v) is 12.0. The molecule has 0 radical (unpaired) electrons. The molecular formula is C13H16O8. The molecule has 1 unspecified atom stereocenters. The lowest BCUT2D eigenvalue weighted by Gasteiger charge is -2.21. The van der Waals surface area contributed by atoms with Crippen LogP contribution in [0.3, 0.4) is 0 Å². The number of hydrogen-bond donors (Lipinski definition) is 2. The zero-order chi connectivity index (χ0) is 16.2. The quantitative estimate of drug-likeness (QED) is 0.772. The summed E-state index contributed by atoms with van der Waals surface area (Å²) in [6.07, 6.45) is -1.52. The third-order valence-electron chi connectivity index (χ3n) is 2.83. The Labute approximate surface area is 120 Å². The average Bonchev–Trinajstić information content (AvgIpc) is 2.45. The fourth-order valence-electron chi connectivity index (χ4n) is 1.97. The van der Waals surface area contributed by atoms with Crippen LogP contribution in [0, 0.1) is 0 Å². The van der Waals surface area contributed by atoms with E-state index >= 15 is 0 Å². The van der Waals surface area contributed by atoms with Gasteiger partial charge < -0.3 is 29.2 Å². The summed E-state index contributed by atoms with van der Waals surface area (Å²) < 4.78 is 20.0. The molecule has 0 bridgehead atoms. The molecule has 8 nitrogen and oxygen atoms in total. The number of aliphatic carboxylic acids is 1. The molecule has 0 aliphatic carbocycles. The summed E-state index contributed by atoms with van der Waals surface area (Å²) in [5.41, 5.74) is -0.541. The Morgan fingerprint density at radius 3 is 1.90 bits per heavy atom. The summed E-state index contributed by atoms with van der Waals surface area (Å²) in [7, 11) is 5.02. The largest absolute Gasteiger partial charge is 0.496 e. The van der Waals surface area contributed by atoms with Gasteiger partial charge in [0.05, 0.1) is 26.9 Å². The van der Waals surface area contributed by atoms with E-state index in [-0.39, 0.29) is 28.4 Å². The first-order valence-electron chi connectivity index (χ1n) is 5.74. The smallest absolute Gasteiger partial charge is 0.340 e. The van der Waals surface area contributed by atoms with Crippen molar-refractivity contribution in [3.8, 4) is 17.2 Å². The van der Waals surface area contributed by atoms with Crippen molar-refractivity contribution in [3.63, 3.8) is 0 Å². The second-order valence-electron chi connectivity index (χ2n) is 3.86. The van der Waals surface area contributed by atoms with Crippen molar-refractivity contribution in [2.75, 3.05) is 28.4 Å². The fraction of sp³-hybridized carbons (Fsp3) is 0.385. The van der Waals surface area contributed by atoms with Crippen LogP contribution in [0.4, 0.5) is 0 Å². The van der Waals surface area contributed by atoms with Gasteiger partial charge in [-0.15, -0.1) is 0 Å². The Balaban J connectivity index is 3.81. The molecule has 116 valence electrons. The van der Waals surface area contributed by atoms with Crippen molar-refractivity contribution >= 4 is 11.9 Å². The Morgan fingerprint density at radius 1 is 1.00 bits per heavy atom. The molecule has 8 heteroatoms. The van der Waals surface area contributed by atoms with E-state index in [4.69, 9.17) is 18.9 Å². The van der Waals surface area contributed by atoms with Crippen molar-refractivity contribution < 1.29 is 38.7 Å². The van der Waals surface area contributed by atoms with Gasteiger partial charge in [-0.3, -0.25) is 0 Å². The van der Waals surface area contributed by atoms with Crippen LogP contribution < -0.4 is 14.2 Å². The topological polar surface area (TPSA) is 112 Å². The van der Waals surface area contributed by atoms with Gasteiger partial charge in [-0.25, -0.2) is 9.59 Å². The number of methoxy groups -OCH3 is 4. The van der Waals surface area contributed by atoms with Crippen LogP contribution in [0.5, 0.6) is 17.2 Å². The maximum atomic E-state index is 11.5. The number of carboxylic acids is 2. The minimum absolute atomic E-state index is 0.0132. The molecule has 1 aromatic carbocycles. The van der Waals surface area contributed by atoms with E-state index in [1.54, 1.807) is 0 Å². The summed E-state index contributed by atoms with van der Waals surface area (Å²) in [6.45, 7) is 0. The number of aromatic carboxylic acids is 1. The van der Waals surface area contributed by atoms with Gasteiger partial charge in [-0.2, -0.15) is 0 Å². The van der Waals surface area contributed by atoms with Gasteiger partial charge in [-0.05, 0) is 0 Å². The van der Waals surface area contributed by atoms with E-state index in [1.165, 1.54) is 27.4 Å². The van der Waals surface area contributed by atoms with Crippen LogP contribution in [0.2, 0.25) is 0 Å². The third-order valence-corrected chi connectivity index (χ3v) is 2.83. The summed E-state index contributed by atoms with van der Waals surface area (Å²) in [6, 6.07) is 1.34. The standard InChI is InChI=1S/C13H16O8/c1-18-6-5-7(19-2)10(20-3)9(12(14)15)8(6)11(21-4)13(16)17/h5,11H,1-4H3,(H,14,15)(H,16,17). The van der Waals surface area contributed by atoms with E-state index in [2.05, 4.69) is 0 Å². The van der Waals surface area contributed by atoms with Crippen LogP contribution in [0.15, 0.2) is 6.07 Å². The first-order chi connectivity index (χ1) is 9.92. The van der Waals surface area contributed by atoms with Crippen LogP contribution in [-0.2, 0) is 9.53 Å². The maximum Gasteiger partial charge on any atom is 0.340 e. The summed E-state index contributed by atoms with van der Waals surface area (Å²) in [5, 5.41) is 18.6. The Bertz CT molecular complexity index is 552. The highest BCUT2D eigenvalue weighted by Crippen LogP contribution is 2.43. The molecule has 0 fully saturated rings. The van der Waals surface area contributed by atoms with Gasteiger partial charge in [0.2, 0.25) is 0 Å². The molecule has 2 N–H and O–H groups in total. The van der Waals surface area contributed by atoms with Crippen molar-refractivity contribution in [3.05, 3.63) is 17.2 Å². The molecule has 21 heavy (non-hydrogen) atoms. The van der Waals surface area contributed by atoms with E-state index in [1.807, 2.05) is 0 Å². The molecule has 1 rings (SSSR count). The summed E-state index contributed by atoms with van der Waals surface area (Å²) in [5.74, 6) is -2.73. The number of rotatable bonds is 7. The van der Waals surface area contributed by atoms with Crippen molar-refractivity contribution in [1.82, 2.24) is 0 Å². The minimum Gasteiger partial charge on any atom is -0.496 e. The Kier molecular flexibility index (Phi) is 5.37. The van der Waals surface area contributed by atoms with Gasteiger partial charge in [-0.1, -0.05) is 0 Å². The second-order valence-corrected chi connectivity index (χ2v) is 3.86. The molecule has 0 amide bonds. The summed E-state index contributed by atoms with van der Waals surface area (Å²) in [4.78, 5) is 22.8. The maximum absolute atomic E-state index is 11.5. The highest BCUT2D eigenvalue weighted by Gasteiger charge is 2.33. The van der Waals surface area contributed by atoms with Crippen molar-refractivity contribution in [2.24, 2.45) is 0 Å². The number of carboxylic acid groups (broad SMARTS) is 2. The van der Waals surface area contributed by atoms with Crippen LogP contribution in [0.1, 0.15) is 22.0 Å². The van der Waals surface area contributed by atoms with E-state index in [0.717, 1.165) is 7.11 Å². The second kappa shape index (κ2) is 6.80. The molecular weight excluding hydrogens is 284 g/mol. The molecule has 0 spiro atoms. The first kappa shape index (κ1) is 16.6. The van der Waals surface area contributed by atoms with Gasteiger partial charge in [0.25, 0.3) is 0 Å². The van der Waals surface area contributed by atoms with Gasteiger partial charge >= 0.3 is 11.9 Å². The zero-order valence-electron chi connectivity index (χ0n) is 12.0. The fourth-order valence-corrected chi connectivity index (χ4v) is 1.97. The average molecular weight is 300 g/mol. The van der Waals surface area contributed by atoms with Crippen molar-refractivity contribution in [1.29, 1.82) is 0 Å². The van der Waals surface area contributed by atoms with Gasteiger partial charge in [0.1, 0.15) is 11.3 Å². The molecule has 0 heterocycles. The number of carbonyl (C=O) groups is 2. The molecule has 1 atom stereocenters. The van der Waals surface area contributed by atoms with E-state index in [0.29, 0.717) is 0 Å². The monoisotopic (exact) mass is 300 g/mol. The molecule has 0 saturated carbocycles. The van der Waals surface area contributed by atoms with E-state index in [9.17, 15) is 19.8 Å². The Hall–Kier alpha value is -2.48. The normalized spacial score (nSPS) is 11.6. The van der Waals surface area contributed by atoms with Gasteiger partial charge in [0, 0.05) is 13.2 Å². The molecule has 0 aromatic heterocycles. The summed E-state index contributed by atoms with van der Waals surface area (Å²) >= 11 is 0. The SMILES string of the molecule is COc1cc(OC)c(C(OC)C(=O)O)c(C(=O)O)c1OC. The van der Waals surface area contributed by atoms with Crippen molar-refractivity contribution in [2.45, 2.75) is 6.10 Å².